The minimum absolute atomic E-state index is 0.148. The summed E-state index contributed by atoms with van der Waals surface area (Å²) in [7, 11) is 0. The number of imide groups is 1. The van der Waals surface area contributed by atoms with Crippen molar-refractivity contribution in [2.24, 2.45) is 5.92 Å². The monoisotopic (exact) mass is 314 g/mol. The lowest BCUT2D eigenvalue weighted by molar-refractivity contribution is -0.137. The van der Waals surface area contributed by atoms with Crippen LogP contribution in [0, 0.1) is 5.92 Å². The molecule has 3 N–H and O–H groups in total. The van der Waals surface area contributed by atoms with Gasteiger partial charge in [0.25, 0.3) is 0 Å². The second-order valence-electron chi connectivity index (χ2n) is 6.76. The standard InChI is InChI=1S/C17H22N4O2/c22-16-4-3-15(17(23)20-16)21-9-12-1-2-14(5-13(12)10-21)19-8-11-6-18-7-11/h1-2,5,11,15,18-19H,3-4,6-10H2,(H,20,22,23). The molecule has 4 rings (SSSR count). The van der Waals surface area contributed by atoms with E-state index < -0.39 is 0 Å². The first-order valence-electron chi connectivity index (χ1n) is 8.33. The Labute approximate surface area is 135 Å². The van der Waals surface area contributed by atoms with Crippen LogP contribution < -0.4 is 16.0 Å². The molecule has 3 aliphatic rings. The number of rotatable bonds is 4. The molecule has 2 fully saturated rings. The maximum Gasteiger partial charge on any atom is 0.243 e. The fraction of sp³-hybridized carbons (Fsp3) is 0.529. The summed E-state index contributed by atoms with van der Waals surface area (Å²) in [4.78, 5) is 25.5. The smallest absolute Gasteiger partial charge is 0.243 e. The summed E-state index contributed by atoms with van der Waals surface area (Å²) in [6.45, 7) is 4.77. The third-order valence-electron chi connectivity index (χ3n) is 5.06. The number of carbonyl (C=O) groups is 2. The normalized spacial score (nSPS) is 25.0. The highest BCUT2D eigenvalue weighted by Gasteiger charge is 2.34. The van der Waals surface area contributed by atoms with Crippen LogP contribution in [0.4, 0.5) is 5.69 Å². The van der Waals surface area contributed by atoms with E-state index in [4.69, 9.17) is 0 Å². The van der Waals surface area contributed by atoms with Crippen LogP contribution >= 0.6 is 0 Å². The van der Waals surface area contributed by atoms with Gasteiger partial charge in [-0.15, -0.1) is 0 Å². The molecule has 1 aromatic rings. The lowest BCUT2D eigenvalue weighted by Gasteiger charge is -2.29. The quantitative estimate of drug-likeness (QED) is 0.703. The van der Waals surface area contributed by atoms with Gasteiger partial charge in [0.15, 0.2) is 0 Å². The maximum atomic E-state index is 12.0. The summed E-state index contributed by atoms with van der Waals surface area (Å²) < 4.78 is 0. The van der Waals surface area contributed by atoms with Crippen LogP contribution in [0.5, 0.6) is 0 Å². The zero-order chi connectivity index (χ0) is 15.8. The molecule has 122 valence electrons. The fourth-order valence-electron chi connectivity index (χ4n) is 3.54. The number of benzene rings is 1. The van der Waals surface area contributed by atoms with Gasteiger partial charge in [0.2, 0.25) is 11.8 Å². The van der Waals surface area contributed by atoms with E-state index in [-0.39, 0.29) is 17.9 Å². The second kappa shape index (κ2) is 5.94. The Kier molecular flexibility index (Phi) is 3.79. The van der Waals surface area contributed by atoms with Gasteiger partial charge in [0.1, 0.15) is 0 Å². The van der Waals surface area contributed by atoms with Crippen LogP contribution in [-0.4, -0.2) is 42.4 Å². The Hall–Kier alpha value is -1.92. The Morgan fingerprint density at radius 1 is 1.17 bits per heavy atom. The van der Waals surface area contributed by atoms with Crippen molar-refractivity contribution in [2.45, 2.75) is 32.0 Å². The summed E-state index contributed by atoms with van der Waals surface area (Å²) in [6, 6.07) is 6.30. The van der Waals surface area contributed by atoms with Crippen molar-refractivity contribution in [3.63, 3.8) is 0 Å². The predicted octanol–water partition coefficient (Wildman–Crippen LogP) is 0.439. The molecule has 0 bridgehead atoms. The van der Waals surface area contributed by atoms with Gasteiger partial charge in [0.05, 0.1) is 6.04 Å². The molecule has 2 amide bonds. The molecular weight excluding hydrogens is 292 g/mol. The first-order valence-corrected chi connectivity index (χ1v) is 8.33. The summed E-state index contributed by atoms with van der Waals surface area (Å²) in [5, 5.41) is 9.24. The number of hydrogen-bond acceptors (Lipinski definition) is 5. The van der Waals surface area contributed by atoms with Crippen molar-refractivity contribution in [1.82, 2.24) is 15.5 Å². The second-order valence-corrected chi connectivity index (χ2v) is 6.76. The highest BCUT2D eigenvalue weighted by atomic mass is 16.2. The van der Waals surface area contributed by atoms with E-state index in [0.29, 0.717) is 12.8 Å². The third-order valence-corrected chi connectivity index (χ3v) is 5.06. The van der Waals surface area contributed by atoms with E-state index in [9.17, 15) is 9.59 Å². The molecule has 3 heterocycles. The molecule has 1 atom stereocenters. The number of nitrogens with zero attached hydrogens (tertiary/aromatic N) is 1. The highest BCUT2D eigenvalue weighted by molar-refractivity contribution is 6.00. The average Bonchev–Trinajstić information content (AvgIpc) is 2.88. The third kappa shape index (κ3) is 2.96. The maximum absolute atomic E-state index is 12.0. The van der Waals surface area contributed by atoms with Crippen LogP contribution in [0.3, 0.4) is 0 Å². The molecule has 6 heteroatoms. The molecule has 1 unspecified atom stereocenters. The highest BCUT2D eigenvalue weighted by Crippen LogP contribution is 2.29. The zero-order valence-electron chi connectivity index (χ0n) is 13.1. The van der Waals surface area contributed by atoms with E-state index in [1.165, 1.54) is 11.1 Å². The lowest BCUT2D eigenvalue weighted by Crippen LogP contribution is -2.50. The minimum Gasteiger partial charge on any atom is -0.385 e. The average molecular weight is 314 g/mol. The number of carbonyl (C=O) groups excluding carboxylic acids is 2. The molecule has 0 radical (unpaired) electrons. The molecule has 0 aromatic heterocycles. The van der Waals surface area contributed by atoms with Gasteiger partial charge >= 0.3 is 0 Å². The summed E-state index contributed by atoms with van der Waals surface area (Å²) in [5.41, 5.74) is 3.72. The molecule has 1 aromatic carbocycles. The van der Waals surface area contributed by atoms with E-state index in [0.717, 1.165) is 44.3 Å². The van der Waals surface area contributed by atoms with Crippen molar-refractivity contribution < 1.29 is 9.59 Å². The van der Waals surface area contributed by atoms with Crippen LogP contribution in [0.25, 0.3) is 0 Å². The van der Waals surface area contributed by atoms with Gasteiger partial charge in [-0.25, -0.2) is 0 Å². The van der Waals surface area contributed by atoms with Crippen molar-refractivity contribution in [1.29, 1.82) is 0 Å². The van der Waals surface area contributed by atoms with Gasteiger partial charge < -0.3 is 10.6 Å². The Balaban J connectivity index is 1.40. The largest absolute Gasteiger partial charge is 0.385 e. The molecule has 0 aliphatic carbocycles. The molecule has 3 aliphatic heterocycles. The van der Waals surface area contributed by atoms with Gasteiger partial charge in [-0.2, -0.15) is 0 Å². The molecule has 0 spiro atoms. The minimum atomic E-state index is -0.183. The van der Waals surface area contributed by atoms with E-state index in [1.54, 1.807) is 0 Å². The predicted molar refractivity (Wildman–Crippen MR) is 86.7 cm³/mol. The number of hydrogen-bond donors (Lipinski definition) is 3. The van der Waals surface area contributed by atoms with E-state index in [2.05, 4.69) is 39.0 Å². The molecule has 0 saturated carbocycles. The summed E-state index contributed by atoms with van der Waals surface area (Å²) in [6.07, 6.45) is 1.06. The topological polar surface area (TPSA) is 73.5 Å². The van der Waals surface area contributed by atoms with Gasteiger partial charge in [-0.05, 0) is 29.7 Å². The molecular formula is C17H22N4O2. The number of fused-ring (bicyclic) bond motifs is 1. The number of amides is 2. The van der Waals surface area contributed by atoms with Crippen LogP contribution in [0.2, 0.25) is 0 Å². The zero-order valence-corrected chi connectivity index (χ0v) is 13.1. The first kappa shape index (κ1) is 14.7. The molecule has 6 nitrogen and oxygen atoms in total. The fourth-order valence-corrected chi connectivity index (χ4v) is 3.54. The Bertz CT molecular complexity index is 641. The summed E-state index contributed by atoms with van der Waals surface area (Å²) >= 11 is 0. The van der Waals surface area contributed by atoms with Crippen LogP contribution in [0.15, 0.2) is 18.2 Å². The van der Waals surface area contributed by atoms with E-state index in [1.807, 2.05) is 0 Å². The Morgan fingerprint density at radius 3 is 2.74 bits per heavy atom. The molecule has 2 saturated heterocycles. The van der Waals surface area contributed by atoms with Crippen molar-refractivity contribution >= 4 is 17.5 Å². The number of piperidine rings is 1. The Morgan fingerprint density at radius 2 is 2.00 bits per heavy atom. The van der Waals surface area contributed by atoms with Crippen LogP contribution in [0.1, 0.15) is 24.0 Å². The molecule has 23 heavy (non-hydrogen) atoms. The van der Waals surface area contributed by atoms with Gasteiger partial charge in [-0.3, -0.25) is 19.8 Å². The number of nitrogens with one attached hydrogen (secondary N) is 3. The lowest BCUT2D eigenvalue weighted by atomic mass is 10.0. The van der Waals surface area contributed by atoms with Crippen LogP contribution in [-0.2, 0) is 22.7 Å². The first-order chi connectivity index (χ1) is 11.2. The van der Waals surface area contributed by atoms with Crippen molar-refractivity contribution in [3.05, 3.63) is 29.3 Å². The SMILES string of the molecule is O=C1CCC(N2Cc3ccc(NCC4CNC4)cc3C2)C(=O)N1. The van der Waals surface area contributed by atoms with E-state index >= 15 is 0 Å². The van der Waals surface area contributed by atoms with Crippen molar-refractivity contribution in [3.8, 4) is 0 Å². The van der Waals surface area contributed by atoms with Crippen molar-refractivity contribution in [2.75, 3.05) is 25.0 Å². The van der Waals surface area contributed by atoms with Gasteiger partial charge in [0, 0.05) is 50.7 Å². The van der Waals surface area contributed by atoms with Gasteiger partial charge in [-0.1, -0.05) is 6.07 Å². The summed E-state index contributed by atoms with van der Waals surface area (Å²) in [5.74, 6) is 0.424. The number of anilines is 1.